The van der Waals surface area contributed by atoms with Crippen LogP contribution in [0.15, 0.2) is 35.7 Å². The molecule has 0 atom stereocenters. The van der Waals surface area contributed by atoms with E-state index in [0.29, 0.717) is 29.0 Å². The topological polar surface area (TPSA) is 65.4 Å². The predicted molar refractivity (Wildman–Crippen MR) is 103 cm³/mol. The fraction of sp³-hybridized carbons (Fsp3) is 0.474. The predicted octanol–water partition coefficient (Wildman–Crippen LogP) is 4.14. The van der Waals surface area contributed by atoms with Gasteiger partial charge in [0.25, 0.3) is 0 Å². The quantitative estimate of drug-likeness (QED) is 0.737. The monoisotopic (exact) mass is 375 g/mol. The molecule has 0 bridgehead atoms. The average Bonchev–Trinajstić information content (AvgIpc) is 3.15. The molecule has 1 amide bonds. The number of anilines is 1. The van der Waals surface area contributed by atoms with Crippen LogP contribution in [0.4, 0.5) is 5.69 Å². The van der Waals surface area contributed by atoms with Crippen molar-refractivity contribution in [3.05, 3.63) is 30.6 Å². The van der Waals surface area contributed by atoms with E-state index in [4.69, 9.17) is 9.47 Å². The Morgan fingerprint density at radius 1 is 1.23 bits per heavy atom. The maximum absolute atomic E-state index is 12.3. The molecule has 140 valence electrons. The molecular weight excluding hydrogens is 350 g/mol. The highest BCUT2D eigenvalue weighted by Crippen LogP contribution is 2.32. The first-order chi connectivity index (χ1) is 12.7. The first kappa shape index (κ1) is 18.6. The van der Waals surface area contributed by atoms with E-state index in [0.717, 1.165) is 5.16 Å². The zero-order chi connectivity index (χ0) is 18.4. The van der Waals surface area contributed by atoms with Crippen molar-refractivity contribution in [2.75, 3.05) is 25.3 Å². The minimum absolute atomic E-state index is 0.0691. The Morgan fingerprint density at radius 3 is 2.73 bits per heavy atom. The number of nitrogens with zero attached hydrogens (tertiary/aromatic N) is 2. The number of benzene rings is 1. The first-order valence-corrected chi connectivity index (χ1v) is 9.87. The van der Waals surface area contributed by atoms with Crippen molar-refractivity contribution in [3.63, 3.8) is 0 Å². The van der Waals surface area contributed by atoms with E-state index in [-0.39, 0.29) is 5.91 Å². The second-order valence-electron chi connectivity index (χ2n) is 6.32. The van der Waals surface area contributed by atoms with Gasteiger partial charge in [0.15, 0.2) is 16.7 Å². The highest BCUT2D eigenvalue weighted by molar-refractivity contribution is 7.99. The molecule has 7 heteroatoms. The van der Waals surface area contributed by atoms with Crippen LogP contribution < -0.4 is 14.8 Å². The van der Waals surface area contributed by atoms with Crippen molar-refractivity contribution in [2.24, 2.45) is 0 Å². The fourth-order valence-electron chi connectivity index (χ4n) is 3.29. The van der Waals surface area contributed by atoms with Crippen LogP contribution in [0.1, 0.15) is 38.1 Å². The molecule has 1 aromatic heterocycles. The van der Waals surface area contributed by atoms with Gasteiger partial charge >= 0.3 is 0 Å². The van der Waals surface area contributed by atoms with Gasteiger partial charge in [-0.15, -0.1) is 0 Å². The molecule has 26 heavy (non-hydrogen) atoms. The van der Waals surface area contributed by atoms with E-state index in [2.05, 4.69) is 14.9 Å². The van der Waals surface area contributed by atoms with Crippen LogP contribution in [0.3, 0.4) is 0 Å². The van der Waals surface area contributed by atoms with E-state index in [9.17, 15) is 4.79 Å². The Kier molecular flexibility index (Phi) is 6.44. The van der Waals surface area contributed by atoms with Crippen LogP contribution in [0.2, 0.25) is 0 Å². The molecule has 0 unspecified atom stereocenters. The van der Waals surface area contributed by atoms with Crippen molar-refractivity contribution in [2.45, 2.75) is 43.3 Å². The zero-order valence-electron chi connectivity index (χ0n) is 15.2. The van der Waals surface area contributed by atoms with Gasteiger partial charge in [-0.2, -0.15) is 0 Å². The van der Waals surface area contributed by atoms with Crippen molar-refractivity contribution in [3.8, 4) is 11.5 Å². The SMILES string of the molecule is COc1ccc(NC(=O)CSc2nccn2C2CCCCC2)cc1OC. The van der Waals surface area contributed by atoms with Crippen LogP contribution in [0.25, 0.3) is 0 Å². The van der Waals surface area contributed by atoms with Crippen LogP contribution >= 0.6 is 11.8 Å². The third-order valence-corrected chi connectivity index (χ3v) is 5.58. The fourth-order valence-corrected chi connectivity index (χ4v) is 4.12. The Hall–Kier alpha value is -2.15. The molecule has 0 saturated heterocycles. The van der Waals surface area contributed by atoms with Gasteiger partial charge in [0.2, 0.25) is 5.91 Å². The second kappa shape index (κ2) is 8.98. The highest BCUT2D eigenvalue weighted by atomic mass is 32.2. The number of nitrogens with one attached hydrogen (secondary N) is 1. The molecule has 3 rings (SSSR count). The van der Waals surface area contributed by atoms with Crippen molar-refractivity contribution in [1.82, 2.24) is 9.55 Å². The second-order valence-corrected chi connectivity index (χ2v) is 7.26. The molecule has 1 N–H and O–H groups in total. The third-order valence-electron chi connectivity index (χ3n) is 4.60. The molecule has 1 aliphatic rings. The standard InChI is InChI=1S/C19H25N3O3S/c1-24-16-9-8-14(12-17(16)25-2)21-18(23)13-26-19-20-10-11-22(19)15-6-4-3-5-7-15/h8-12,15H,3-7,13H2,1-2H3,(H,21,23). The van der Waals surface area contributed by atoms with Crippen molar-refractivity contribution < 1.29 is 14.3 Å². The number of aromatic nitrogens is 2. The number of ether oxygens (including phenoxy) is 2. The van der Waals surface area contributed by atoms with Crippen molar-refractivity contribution >= 4 is 23.4 Å². The van der Waals surface area contributed by atoms with Crippen LogP contribution in [-0.4, -0.2) is 35.4 Å². The highest BCUT2D eigenvalue weighted by Gasteiger charge is 2.18. The number of carbonyl (C=O) groups excluding carboxylic acids is 1. The Balaban J connectivity index is 1.57. The van der Waals surface area contributed by atoms with Gasteiger partial charge in [-0.05, 0) is 25.0 Å². The normalized spacial score (nSPS) is 14.8. The minimum atomic E-state index is -0.0691. The Bertz CT molecular complexity index is 741. The molecule has 2 aromatic rings. The number of hydrogen-bond acceptors (Lipinski definition) is 5. The third kappa shape index (κ3) is 4.52. The maximum atomic E-state index is 12.3. The van der Waals surface area contributed by atoms with Crippen LogP contribution in [0.5, 0.6) is 11.5 Å². The molecule has 0 spiro atoms. The summed E-state index contributed by atoms with van der Waals surface area (Å²) >= 11 is 1.48. The summed E-state index contributed by atoms with van der Waals surface area (Å²) in [5.41, 5.74) is 0.684. The zero-order valence-corrected chi connectivity index (χ0v) is 16.1. The Morgan fingerprint density at radius 2 is 2.00 bits per heavy atom. The van der Waals surface area contributed by atoms with Gasteiger partial charge in [0.1, 0.15) is 0 Å². The molecule has 6 nitrogen and oxygen atoms in total. The van der Waals surface area contributed by atoms with E-state index >= 15 is 0 Å². The summed E-state index contributed by atoms with van der Waals surface area (Å²) in [4.78, 5) is 16.7. The molecule has 1 heterocycles. The summed E-state index contributed by atoms with van der Waals surface area (Å²) in [5.74, 6) is 1.47. The average molecular weight is 375 g/mol. The number of hydrogen-bond donors (Lipinski definition) is 1. The lowest BCUT2D eigenvalue weighted by atomic mass is 9.95. The number of carbonyl (C=O) groups is 1. The Labute approximate surface area is 158 Å². The van der Waals surface area contributed by atoms with Gasteiger partial charge in [-0.3, -0.25) is 4.79 Å². The molecular formula is C19H25N3O3S. The van der Waals surface area contributed by atoms with E-state index in [1.165, 1.54) is 43.9 Å². The van der Waals surface area contributed by atoms with Gasteiger partial charge in [0, 0.05) is 30.2 Å². The minimum Gasteiger partial charge on any atom is -0.493 e. The molecule has 0 radical (unpaired) electrons. The summed E-state index contributed by atoms with van der Waals surface area (Å²) in [6.07, 6.45) is 10.1. The number of rotatable bonds is 7. The van der Waals surface area contributed by atoms with Crippen LogP contribution in [0, 0.1) is 0 Å². The maximum Gasteiger partial charge on any atom is 0.234 e. The number of thioether (sulfide) groups is 1. The molecule has 1 aliphatic carbocycles. The molecule has 1 saturated carbocycles. The molecule has 1 fully saturated rings. The van der Waals surface area contributed by atoms with Gasteiger partial charge < -0.3 is 19.4 Å². The van der Waals surface area contributed by atoms with E-state index < -0.39 is 0 Å². The van der Waals surface area contributed by atoms with E-state index in [1.807, 2.05) is 12.4 Å². The summed E-state index contributed by atoms with van der Waals surface area (Å²) in [7, 11) is 3.16. The smallest absolute Gasteiger partial charge is 0.234 e. The summed E-state index contributed by atoms with van der Waals surface area (Å²) in [5, 5.41) is 3.81. The largest absolute Gasteiger partial charge is 0.493 e. The summed E-state index contributed by atoms with van der Waals surface area (Å²) in [6, 6.07) is 5.84. The lowest BCUT2D eigenvalue weighted by Crippen LogP contribution is -2.16. The van der Waals surface area contributed by atoms with Crippen molar-refractivity contribution in [1.29, 1.82) is 0 Å². The van der Waals surface area contributed by atoms with Gasteiger partial charge in [-0.25, -0.2) is 4.98 Å². The lowest BCUT2D eigenvalue weighted by Gasteiger charge is -2.24. The number of imidazole rings is 1. The van der Waals surface area contributed by atoms with E-state index in [1.54, 1.807) is 32.4 Å². The molecule has 0 aliphatic heterocycles. The number of amides is 1. The first-order valence-electron chi connectivity index (χ1n) is 8.88. The van der Waals surface area contributed by atoms with Gasteiger partial charge in [-0.1, -0.05) is 31.0 Å². The lowest BCUT2D eigenvalue weighted by molar-refractivity contribution is -0.113. The number of methoxy groups -OCH3 is 2. The molecule has 1 aromatic carbocycles. The van der Waals surface area contributed by atoms with Gasteiger partial charge in [0.05, 0.1) is 20.0 Å². The van der Waals surface area contributed by atoms with Crippen LogP contribution in [-0.2, 0) is 4.79 Å². The summed E-state index contributed by atoms with van der Waals surface area (Å²) < 4.78 is 12.7. The summed E-state index contributed by atoms with van der Waals surface area (Å²) in [6.45, 7) is 0.